The van der Waals surface area contributed by atoms with Gasteiger partial charge in [0.05, 0.1) is 25.9 Å². The number of hydrogen-bond acceptors (Lipinski definition) is 4. The van der Waals surface area contributed by atoms with Gasteiger partial charge >= 0.3 is 6.03 Å². The number of hydrogen-bond donors (Lipinski definition) is 2. The number of urea groups is 1. The zero-order chi connectivity index (χ0) is 24.9. The molecule has 3 aromatic rings. The molecule has 0 spiro atoms. The number of rotatable bonds is 6. The molecule has 3 amide bonds. The second kappa shape index (κ2) is 10.5. The second-order valence-electron chi connectivity index (χ2n) is 8.35. The summed E-state index contributed by atoms with van der Waals surface area (Å²) < 4.78 is 25.1. The molecule has 0 aromatic heterocycles. The largest absolute Gasteiger partial charge is 0.493 e. The average molecular weight is 478 g/mol. The number of para-hydroxylation sites is 1. The van der Waals surface area contributed by atoms with Crippen LogP contribution in [-0.4, -0.2) is 44.1 Å². The van der Waals surface area contributed by atoms with Gasteiger partial charge in [-0.1, -0.05) is 29.8 Å². The van der Waals surface area contributed by atoms with Crippen LogP contribution in [0.25, 0.3) is 0 Å². The van der Waals surface area contributed by atoms with Crippen molar-refractivity contribution in [3.8, 4) is 11.5 Å². The fraction of sp³-hybridized carbons (Fsp3) is 0.259. The number of carbonyl (C=O) groups excluding carboxylic acids is 2. The monoisotopic (exact) mass is 477 g/mol. The Labute approximate surface area is 203 Å². The van der Waals surface area contributed by atoms with Crippen molar-refractivity contribution >= 4 is 17.6 Å². The van der Waals surface area contributed by atoms with Crippen molar-refractivity contribution in [2.24, 2.45) is 0 Å². The Morgan fingerprint density at radius 3 is 2.40 bits per heavy atom. The summed E-state index contributed by atoms with van der Waals surface area (Å²) in [4.78, 5) is 27.7. The van der Waals surface area contributed by atoms with E-state index in [0.29, 0.717) is 30.0 Å². The van der Waals surface area contributed by atoms with E-state index in [4.69, 9.17) is 9.47 Å². The molecule has 0 saturated carbocycles. The average Bonchev–Trinajstić information content (AvgIpc) is 2.87. The molecule has 7 nitrogen and oxygen atoms in total. The molecule has 0 bridgehead atoms. The summed E-state index contributed by atoms with van der Waals surface area (Å²) in [6, 6.07) is 16.0. The number of anilines is 1. The van der Waals surface area contributed by atoms with Crippen LogP contribution >= 0.6 is 0 Å². The minimum atomic E-state index is -0.520. The molecule has 0 fully saturated rings. The lowest BCUT2D eigenvalue weighted by molar-refractivity contribution is 0.0936. The Morgan fingerprint density at radius 1 is 1.03 bits per heavy atom. The van der Waals surface area contributed by atoms with Crippen LogP contribution in [0.1, 0.15) is 33.1 Å². The highest BCUT2D eigenvalue weighted by atomic mass is 19.1. The Hall–Kier alpha value is -4.07. The van der Waals surface area contributed by atoms with Gasteiger partial charge in [-0.25, -0.2) is 9.18 Å². The van der Waals surface area contributed by atoms with Gasteiger partial charge in [-0.3, -0.25) is 4.79 Å². The minimum absolute atomic E-state index is 0.0954. The fourth-order valence-corrected chi connectivity index (χ4v) is 4.24. The minimum Gasteiger partial charge on any atom is -0.493 e. The molecule has 1 heterocycles. The molecular weight excluding hydrogens is 449 g/mol. The summed E-state index contributed by atoms with van der Waals surface area (Å²) in [6.07, 6.45) is 0.572. The predicted octanol–water partition coefficient (Wildman–Crippen LogP) is 4.71. The Balaban J connectivity index is 1.63. The number of carbonyl (C=O) groups is 2. The molecule has 1 aliphatic rings. The van der Waals surface area contributed by atoms with E-state index < -0.39 is 17.9 Å². The topological polar surface area (TPSA) is 79.9 Å². The second-order valence-corrected chi connectivity index (χ2v) is 8.35. The van der Waals surface area contributed by atoms with Crippen LogP contribution in [0.5, 0.6) is 11.5 Å². The van der Waals surface area contributed by atoms with E-state index in [1.807, 2.05) is 31.2 Å². The van der Waals surface area contributed by atoms with Gasteiger partial charge < -0.3 is 25.0 Å². The van der Waals surface area contributed by atoms with Gasteiger partial charge in [0.1, 0.15) is 5.82 Å². The van der Waals surface area contributed by atoms with Gasteiger partial charge in [0.2, 0.25) is 0 Å². The third kappa shape index (κ3) is 5.21. The van der Waals surface area contributed by atoms with Gasteiger partial charge in [-0.2, -0.15) is 0 Å². The van der Waals surface area contributed by atoms with Crippen molar-refractivity contribution < 1.29 is 23.5 Å². The highest BCUT2D eigenvalue weighted by Crippen LogP contribution is 2.38. The number of fused-ring (bicyclic) bond motifs is 1. The first-order valence-electron chi connectivity index (χ1n) is 11.3. The van der Waals surface area contributed by atoms with Crippen molar-refractivity contribution in [1.82, 2.24) is 10.2 Å². The van der Waals surface area contributed by atoms with Crippen LogP contribution in [-0.2, 0) is 6.42 Å². The summed E-state index contributed by atoms with van der Waals surface area (Å²) in [5, 5.41) is 5.61. The van der Waals surface area contributed by atoms with E-state index in [-0.39, 0.29) is 18.1 Å². The lowest BCUT2D eigenvalue weighted by Crippen LogP contribution is -2.47. The zero-order valence-corrected chi connectivity index (χ0v) is 19.9. The maximum Gasteiger partial charge on any atom is 0.322 e. The summed E-state index contributed by atoms with van der Waals surface area (Å²) in [5.74, 6) is 0.358. The number of aryl methyl sites for hydroxylation is 1. The van der Waals surface area contributed by atoms with Crippen molar-refractivity contribution in [2.75, 3.05) is 32.6 Å². The first-order valence-corrected chi connectivity index (χ1v) is 11.3. The summed E-state index contributed by atoms with van der Waals surface area (Å²) in [6.45, 7) is 2.50. The van der Waals surface area contributed by atoms with Crippen LogP contribution < -0.4 is 20.1 Å². The van der Waals surface area contributed by atoms with Crippen LogP contribution in [0.2, 0.25) is 0 Å². The number of halogens is 1. The zero-order valence-electron chi connectivity index (χ0n) is 19.9. The van der Waals surface area contributed by atoms with E-state index in [9.17, 15) is 14.0 Å². The molecule has 1 unspecified atom stereocenters. The highest BCUT2D eigenvalue weighted by Gasteiger charge is 2.33. The van der Waals surface area contributed by atoms with Crippen LogP contribution in [0.15, 0.2) is 60.7 Å². The predicted molar refractivity (Wildman–Crippen MR) is 132 cm³/mol. The number of benzene rings is 3. The van der Waals surface area contributed by atoms with Crippen LogP contribution in [0.4, 0.5) is 14.9 Å². The van der Waals surface area contributed by atoms with Crippen molar-refractivity contribution in [1.29, 1.82) is 0 Å². The molecular formula is C27H28FN3O4. The van der Waals surface area contributed by atoms with E-state index >= 15 is 0 Å². The number of amides is 3. The molecule has 0 aliphatic carbocycles. The van der Waals surface area contributed by atoms with E-state index in [1.165, 1.54) is 12.1 Å². The lowest BCUT2D eigenvalue weighted by atomic mass is 9.91. The molecule has 2 N–H and O–H groups in total. The summed E-state index contributed by atoms with van der Waals surface area (Å²) in [5.41, 5.74) is 3.51. The molecule has 35 heavy (non-hydrogen) atoms. The van der Waals surface area contributed by atoms with Crippen LogP contribution in [0, 0.1) is 12.7 Å². The molecule has 1 aliphatic heterocycles. The van der Waals surface area contributed by atoms with E-state index in [1.54, 1.807) is 43.4 Å². The third-order valence-electron chi connectivity index (χ3n) is 6.15. The van der Waals surface area contributed by atoms with Gasteiger partial charge in [-0.15, -0.1) is 0 Å². The number of nitrogens with zero attached hydrogens (tertiary/aromatic N) is 1. The summed E-state index contributed by atoms with van der Waals surface area (Å²) in [7, 11) is 3.12. The molecule has 0 radical (unpaired) electrons. The normalized spacial score (nSPS) is 14.6. The van der Waals surface area contributed by atoms with Gasteiger partial charge in [0.15, 0.2) is 11.5 Å². The lowest BCUT2D eigenvalue weighted by Gasteiger charge is -2.38. The quantitative estimate of drug-likeness (QED) is 0.539. The summed E-state index contributed by atoms with van der Waals surface area (Å²) >= 11 is 0. The van der Waals surface area contributed by atoms with Crippen molar-refractivity contribution in [3.05, 3.63) is 88.7 Å². The SMILES string of the molecule is COc1cc2c(cc1OC)C(CNC(=O)c1ccc(C)cc1)N(C(=O)Nc1ccccc1F)CC2. The van der Waals surface area contributed by atoms with Crippen molar-refractivity contribution in [2.45, 2.75) is 19.4 Å². The molecule has 182 valence electrons. The smallest absolute Gasteiger partial charge is 0.322 e. The third-order valence-corrected chi connectivity index (χ3v) is 6.15. The Kier molecular flexibility index (Phi) is 7.19. The maximum atomic E-state index is 14.2. The number of nitrogens with one attached hydrogen (secondary N) is 2. The Bertz CT molecular complexity index is 1230. The standard InChI is InChI=1S/C27H28FN3O4/c1-17-8-10-18(11-9-17)26(32)29-16-23-20-15-25(35-3)24(34-2)14-19(20)12-13-31(23)27(33)30-22-7-5-4-6-21(22)28/h4-11,14-15,23H,12-13,16H2,1-3H3,(H,29,32)(H,30,33). The molecule has 1 atom stereocenters. The molecule has 8 heteroatoms. The van der Waals surface area contributed by atoms with Gasteiger partial charge in [0.25, 0.3) is 5.91 Å². The number of ether oxygens (including phenoxy) is 2. The van der Waals surface area contributed by atoms with Gasteiger partial charge in [0, 0.05) is 18.7 Å². The number of methoxy groups -OCH3 is 2. The molecule has 4 rings (SSSR count). The maximum absolute atomic E-state index is 14.2. The fourth-order valence-electron chi connectivity index (χ4n) is 4.24. The molecule has 3 aromatic carbocycles. The molecule has 0 saturated heterocycles. The van der Waals surface area contributed by atoms with Crippen LogP contribution in [0.3, 0.4) is 0 Å². The van der Waals surface area contributed by atoms with Gasteiger partial charge in [-0.05, 0) is 60.9 Å². The first kappa shape index (κ1) is 24.1. The highest BCUT2D eigenvalue weighted by molar-refractivity contribution is 5.94. The van der Waals surface area contributed by atoms with E-state index in [2.05, 4.69) is 10.6 Å². The van der Waals surface area contributed by atoms with Crippen molar-refractivity contribution in [3.63, 3.8) is 0 Å². The first-order chi connectivity index (χ1) is 16.9. The Morgan fingerprint density at radius 2 is 1.71 bits per heavy atom. The van der Waals surface area contributed by atoms with E-state index in [0.717, 1.165) is 16.7 Å².